The SMILES string of the molecule is CC(=O)C[C@H](O)c1ccc2ccccc2n1. The zero-order valence-corrected chi connectivity index (χ0v) is 9.05. The molecule has 2 aromatic rings. The third kappa shape index (κ3) is 2.25. The number of hydrogen-bond donors (Lipinski definition) is 1. The van der Waals surface area contributed by atoms with E-state index in [2.05, 4.69) is 4.98 Å². The second-order valence-electron chi connectivity index (χ2n) is 3.85. The minimum absolute atomic E-state index is 0.0394. The number of rotatable bonds is 3. The number of aromatic nitrogens is 1. The number of ketones is 1. The molecular weight excluding hydrogens is 202 g/mol. The van der Waals surface area contributed by atoms with Gasteiger partial charge in [0, 0.05) is 11.8 Å². The predicted molar refractivity (Wildman–Crippen MR) is 62.0 cm³/mol. The smallest absolute Gasteiger partial charge is 0.132 e. The molecule has 0 aliphatic rings. The maximum Gasteiger partial charge on any atom is 0.132 e. The van der Waals surface area contributed by atoms with Crippen molar-refractivity contribution < 1.29 is 9.90 Å². The van der Waals surface area contributed by atoms with E-state index >= 15 is 0 Å². The number of Topliss-reactive ketones (excluding diaryl/α,β-unsaturated/α-hetero) is 1. The molecule has 1 atom stereocenters. The Morgan fingerprint density at radius 3 is 2.81 bits per heavy atom. The number of pyridine rings is 1. The molecule has 2 rings (SSSR count). The number of aliphatic hydroxyl groups excluding tert-OH is 1. The first-order valence-corrected chi connectivity index (χ1v) is 5.20. The fourth-order valence-corrected chi connectivity index (χ4v) is 1.64. The van der Waals surface area contributed by atoms with E-state index in [0.29, 0.717) is 5.69 Å². The van der Waals surface area contributed by atoms with Gasteiger partial charge in [-0.3, -0.25) is 9.78 Å². The van der Waals surface area contributed by atoms with E-state index in [1.54, 1.807) is 6.07 Å². The van der Waals surface area contributed by atoms with E-state index in [0.717, 1.165) is 10.9 Å². The summed E-state index contributed by atoms with van der Waals surface area (Å²) in [5.41, 5.74) is 1.39. The molecule has 0 saturated carbocycles. The Morgan fingerprint density at radius 1 is 1.31 bits per heavy atom. The van der Waals surface area contributed by atoms with Crippen molar-refractivity contribution in [1.29, 1.82) is 0 Å². The van der Waals surface area contributed by atoms with E-state index in [9.17, 15) is 9.90 Å². The summed E-state index contributed by atoms with van der Waals surface area (Å²) in [4.78, 5) is 15.2. The van der Waals surface area contributed by atoms with Crippen LogP contribution in [0, 0.1) is 0 Å². The molecule has 0 fully saturated rings. The lowest BCUT2D eigenvalue weighted by Gasteiger charge is -2.08. The van der Waals surface area contributed by atoms with Gasteiger partial charge in [0.15, 0.2) is 0 Å². The average Bonchev–Trinajstić information content (AvgIpc) is 2.27. The topological polar surface area (TPSA) is 50.2 Å². The maximum atomic E-state index is 10.9. The van der Waals surface area contributed by atoms with E-state index in [1.165, 1.54) is 6.92 Å². The molecule has 0 radical (unpaired) electrons. The Balaban J connectivity index is 2.35. The van der Waals surface area contributed by atoms with Gasteiger partial charge in [-0.25, -0.2) is 0 Å². The highest BCUT2D eigenvalue weighted by Crippen LogP contribution is 2.18. The van der Waals surface area contributed by atoms with Crippen LogP contribution in [0.15, 0.2) is 36.4 Å². The number of carbonyl (C=O) groups is 1. The molecule has 3 nitrogen and oxygen atoms in total. The molecule has 0 unspecified atom stereocenters. The quantitative estimate of drug-likeness (QED) is 0.854. The summed E-state index contributed by atoms with van der Waals surface area (Å²) in [6.07, 6.45) is -0.687. The Labute approximate surface area is 93.7 Å². The number of para-hydroxylation sites is 1. The van der Waals surface area contributed by atoms with E-state index < -0.39 is 6.10 Å². The molecule has 16 heavy (non-hydrogen) atoms. The van der Waals surface area contributed by atoms with Crippen LogP contribution in [0.2, 0.25) is 0 Å². The van der Waals surface area contributed by atoms with Crippen LogP contribution < -0.4 is 0 Å². The van der Waals surface area contributed by atoms with Gasteiger partial charge in [-0.2, -0.15) is 0 Å². The standard InChI is InChI=1S/C13H13NO2/c1-9(15)8-13(16)12-7-6-10-4-2-3-5-11(10)14-12/h2-7,13,16H,8H2,1H3/t13-/m0/s1. The number of benzene rings is 1. The Hall–Kier alpha value is -1.74. The minimum atomic E-state index is -0.804. The Morgan fingerprint density at radius 2 is 2.06 bits per heavy atom. The van der Waals surface area contributed by atoms with Gasteiger partial charge < -0.3 is 5.11 Å². The highest BCUT2D eigenvalue weighted by molar-refractivity contribution is 5.79. The summed E-state index contributed by atoms with van der Waals surface area (Å²) in [6, 6.07) is 11.4. The zero-order chi connectivity index (χ0) is 11.5. The van der Waals surface area contributed by atoms with Crippen LogP contribution in [-0.4, -0.2) is 15.9 Å². The van der Waals surface area contributed by atoms with Crippen LogP contribution in [0.25, 0.3) is 10.9 Å². The molecular formula is C13H13NO2. The van der Waals surface area contributed by atoms with E-state index in [-0.39, 0.29) is 12.2 Å². The normalized spacial score (nSPS) is 12.6. The van der Waals surface area contributed by atoms with Crippen LogP contribution >= 0.6 is 0 Å². The van der Waals surface area contributed by atoms with E-state index in [1.807, 2.05) is 30.3 Å². The Kier molecular flexibility index (Phi) is 2.97. The third-order valence-corrected chi connectivity index (χ3v) is 2.44. The fourth-order valence-electron chi connectivity index (χ4n) is 1.64. The molecule has 0 aliphatic carbocycles. The summed E-state index contributed by atoms with van der Waals surface area (Å²) < 4.78 is 0. The van der Waals surface area contributed by atoms with Crippen molar-refractivity contribution in [2.45, 2.75) is 19.4 Å². The van der Waals surface area contributed by atoms with Crippen LogP contribution in [0.3, 0.4) is 0 Å². The monoisotopic (exact) mass is 215 g/mol. The fraction of sp³-hybridized carbons (Fsp3) is 0.231. The summed E-state index contributed by atoms with van der Waals surface area (Å²) in [5, 5.41) is 10.8. The highest BCUT2D eigenvalue weighted by Gasteiger charge is 2.11. The maximum absolute atomic E-state index is 10.9. The molecule has 0 aliphatic heterocycles. The van der Waals surface area contributed by atoms with Crippen LogP contribution in [0.4, 0.5) is 0 Å². The van der Waals surface area contributed by atoms with Gasteiger partial charge in [0.1, 0.15) is 11.9 Å². The zero-order valence-electron chi connectivity index (χ0n) is 9.05. The largest absolute Gasteiger partial charge is 0.386 e. The second-order valence-corrected chi connectivity index (χ2v) is 3.85. The lowest BCUT2D eigenvalue weighted by Crippen LogP contribution is -2.05. The van der Waals surface area contributed by atoms with Crippen molar-refractivity contribution in [3.63, 3.8) is 0 Å². The molecule has 1 aromatic carbocycles. The summed E-state index contributed by atoms with van der Waals surface area (Å²) in [5.74, 6) is -0.0394. The number of nitrogens with zero attached hydrogens (tertiary/aromatic N) is 1. The lowest BCUT2D eigenvalue weighted by atomic mass is 10.1. The predicted octanol–water partition coefficient (Wildman–Crippen LogP) is 2.25. The van der Waals surface area contributed by atoms with Crippen molar-refractivity contribution in [3.8, 4) is 0 Å². The highest BCUT2D eigenvalue weighted by atomic mass is 16.3. The van der Waals surface area contributed by atoms with Gasteiger partial charge in [-0.05, 0) is 19.1 Å². The number of aliphatic hydroxyl groups is 1. The first kappa shape index (κ1) is 10.8. The van der Waals surface area contributed by atoms with Crippen molar-refractivity contribution in [2.75, 3.05) is 0 Å². The molecule has 0 saturated heterocycles. The number of carbonyl (C=O) groups excluding carboxylic acids is 1. The molecule has 1 N–H and O–H groups in total. The van der Waals surface area contributed by atoms with Gasteiger partial charge in [0.2, 0.25) is 0 Å². The van der Waals surface area contributed by atoms with Gasteiger partial charge in [-0.1, -0.05) is 24.3 Å². The second kappa shape index (κ2) is 4.41. The van der Waals surface area contributed by atoms with Crippen molar-refractivity contribution in [2.24, 2.45) is 0 Å². The molecule has 0 bridgehead atoms. The van der Waals surface area contributed by atoms with Gasteiger partial charge >= 0.3 is 0 Å². The lowest BCUT2D eigenvalue weighted by molar-refractivity contribution is -0.118. The van der Waals surface area contributed by atoms with E-state index in [4.69, 9.17) is 0 Å². The molecule has 1 heterocycles. The van der Waals surface area contributed by atoms with Crippen LogP contribution in [0.1, 0.15) is 25.1 Å². The van der Waals surface area contributed by atoms with Crippen molar-refractivity contribution >= 4 is 16.7 Å². The first-order valence-electron chi connectivity index (χ1n) is 5.20. The third-order valence-electron chi connectivity index (χ3n) is 2.44. The van der Waals surface area contributed by atoms with Crippen molar-refractivity contribution in [1.82, 2.24) is 4.98 Å². The molecule has 1 aromatic heterocycles. The van der Waals surface area contributed by atoms with Gasteiger partial charge in [0.05, 0.1) is 11.2 Å². The summed E-state index contributed by atoms with van der Waals surface area (Å²) in [6.45, 7) is 1.46. The van der Waals surface area contributed by atoms with Crippen LogP contribution in [0.5, 0.6) is 0 Å². The summed E-state index contributed by atoms with van der Waals surface area (Å²) in [7, 11) is 0. The summed E-state index contributed by atoms with van der Waals surface area (Å²) >= 11 is 0. The molecule has 0 amide bonds. The van der Waals surface area contributed by atoms with Crippen LogP contribution in [-0.2, 0) is 4.79 Å². The molecule has 82 valence electrons. The Bertz CT molecular complexity index is 522. The van der Waals surface area contributed by atoms with Gasteiger partial charge in [-0.15, -0.1) is 0 Å². The average molecular weight is 215 g/mol. The van der Waals surface area contributed by atoms with Crippen molar-refractivity contribution in [3.05, 3.63) is 42.1 Å². The minimum Gasteiger partial charge on any atom is -0.386 e. The first-order chi connectivity index (χ1) is 7.66. The molecule has 0 spiro atoms. The van der Waals surface area contributed by atoms with Gasteiger partial charge in [0.25, 0.3) is 0 Å². The number of hydrogen-bond acceptors (Lipinski definition) is 3. The number of fused-ring (bicyclic) bond motifs is 1. The molecule has 3 heteroatoms.